The molecule has 0 aromatic rings. The number of carbonyl (C=O) groups excluding carboxylic acids is 2. The highest BCUT2D eigenvalue weighted by Gasteiger charge is 2.60. The van der Waals surface area contributed by atoms with E-state index in [1.165, 1.54) is 0 Å². The molecule has 1 saturated carbocycles. The van der Waals surface area contributed by atoms with Crippen molar-refractivity contribution in [1.29, 1.82) is 0 Å². The molecule has 1 aliphatic heterocycles. The highest BCUT2D eigenvalue weighted by atomic mass is 16.6. The summed E-state index contributed by atoms with van der Waals surface area (Å²) in [4.78, 5) is 24.1. The van der Waals surface area contributed by atoms with Gasteiger partial charge in [-0.05, 0) is 49.8 Å². The molecule has 0 radical (unpaired) electrons. The van der Waals surface area contributed by atoms with Gasteiger partial charge in [0.1, 0.15) is 24.3 Å². The third-order valence-electron chi connectivity index (χ3n) is 6.26. The minimum atomic E-state index is -1.42. The van der Waals surface area contributed by atoms with Crippen molar-refractivity contribution in [2.45, 2.75) is 44.5 Å². The molecule has 27 heavy (non-hydrogen) atoms. The van der Waals surface area contributed by atoms with Crippen molar-refractivity contribution in [3.05, 3.63) is 47.8 Å². The molecule has 6 unspecified atom stereocenters. The standard InChI is InChI=1S/C21H26O6/c1-5-11(2)13(4)26-16-8-14(9-22)15-6-7-21(25,10-23)18(15)19-17(16)12(3)20(24)27-19/h5,8-9,15-19,23,25H,3-4,6-7,10H2,1-2H3. The van der Waals surface area contributed by atoms with Gasteiger partial charge in [-0.15, -0.1) is 0 Å². The first-order valence-electron chi connectivity index (χ1n) is 9.16. The molecule has 6 nitrogen and oxygen atoms in total. The molecule has 146 valence electrons. The molecule has 2 aliphatic carbocycles. The van der Waals surface area contributed by atoms with Gasteiger partial charge in [0.2, 0.25) is 0 Å². The zero-order valence-electron chi connectivity index (χ0n) is 15.7. The molecule has 1 heterocycles. The Bertz CT molecular complexity index is 748. The van der Waals surface area contributed by atoms with Gasteiger partial charge >= 0.3 is 5.97 Å². The largest absolute Gasteiger partial charge is 0.486 e. The summed E-state index contributed by atoms with van der Waals surface area (Å²) >= 11 is 0. The smallest absolute Gasteiger partial charge is 0.334 e. The van der Waals surface area contributed by atoms with E-state index in [0.717, 1.165) is 11.9 Å². The summed E-state index contributed by atoms with van der Waals surface area (Å²) in [5, 5.41) is 20.8. The molecule has 3 aliphatic rings. The Hall–Kier alpha value is -2.18. The summed E-state index contributed by atoms with van der Waals surface area (Å²) in [7, 11) is 0. The number of esters is 1. The Balaban J connectivity index is 2.08. The normalized spacial score (nSPS) is 38.4. The van der Waals surface area contributed by atoms with Crippen LogP contribution >= 0.6 is 0 Å². The molecule has 0 amide bonds. The predicted octanol–water partition coefficient (Wildman–Crippen LogP) is 1.84. The van der Waals surface area contributed by atoms with Crippen LogP contribution in [0.3, 0.4) is 0 Å². The van der Waals surface area contributed by atoms with E-state index >= 15 is 0 Å². The maximum Gasteiger partial charge on any atom is 0.334 e. The van der Waals surface area contributed by atoms with Gasteiger partial charge in [-0.25, -0.2) is 4.79 Å². The van der Waals surface area contributed by atoms with Gasteiger partial charge in [0.15, 0.2) is 0 Å². The van der Waals surface area contributed by atoms with Crippen molar-refractivity contribution in [2.24, 2.45) is 17.8 Å². The van der Waals surface area contributed by atoms with Crippen LogP contribution in [-0.2, 0) is 19.1 Å². The summed E-state index contributed by atoms with van der Waals surface area (Å²) in [6.45, 7) is 11.0. The van der Waals surface area contributed by atoms with Crippen molar-refractivity contribution in [3.8, 4) is 0 Å². The number of rotatable bonds is 5. The van der Waals surface area contributed by atoms with Gasteiger partial charge in [0, 0.05) is 11.5 Å². The Morgan fingerprint density at radius 1 is 1.52 bits per heavy atom. The Morgan fingerprint density at radius 3 is 2.81 bits per heavy atom. The molecule has 2 fully saturated rings. The minimum Gasteiger partial charge on any atom is -0.486 e. The number of allylic oxidation sites excluding steroid dienone is 3. The maximum atomic E-state index is 12.3. The highest BCUT2D eigenvalue weighted by Crippen LogP contribution is 2.53. The summed E-state index contributed by atoms with van der Waals surface area (Å²) in [6.07, 6.45) is 3.74. The Labute approximate surface area is 158 Å². The quantitative estimate of drug-likeness (QED) is 0.251. The molecular weight excluding hydrogens is 348 g/mol. The van der Waals surface area contributed by atoms with Gasteiger partial charge < -0.3 is 19.7 Å². The van der Waals surface area contributed by atoms with Crippen molar-refractivity contribution in [3.63, 3.8) is 0 Å². The van der Waals surface area contributed by atoms with E-state index < -0.39 is 42.2 Å². The lowest BCUT2D eigenvalue weighted by molar-refractivity contribution is -0.151. The number of aliphatic hydroxyl groups is 2. The van der Waals surface area contributed by atoms with Crippen molar-refractivity contribution in [2.75, 3.05) is 6.61 Å². The first kappa shape index (κ1) is 19.6. The van der Waals surface area contributed by atoms with E-state index in [0.29, 0.717) is 24.2 Å². The van der Waals surface area contributed by atoms with Crippen LogP contribution in [0.2, 0.25) is 0 Å². The van der Waals surface area contributed by atoms with E-state index in [9.17, 15) is 19.8 Å². The SMILES string of the molecule is C=C(OC1C=C(C=O)C2CCC(O)(CO)C2C2OC(=O)C(=C)C12)C(C)=CC. The fraction of sp³-hybridized carbons (Fsp3) is 0.524. The third-order valence-corrected chi connectivity index (χ3v) is 6.26. The predicted molar refractivity (Wildman–Crippen MR) is 98.4 cm³/mol. The zero-order valence-corrected chi connectivity index (χ0v) is 15.7. The van der Waals surface area contributed by atoms with Crippen LogP contribution in [0.1, 0.15) is 26.7 Å². The highest BCUT2D eigenvalue weighted by molar-refractivity contribution is 5.91. The lowest BCUT2D eigenvalue weighted by Crippen LogP contribution is -2.48. The molecule has 0 bridgehead atoms. The van der Waals surface area contributed by atoms with Gasteiger partial charge in [-0.2, -0.15) is 0 Å². The lowest BCUT2D eigenvalue weighted by atomic mass is 9.75. The first-order valence-corrected chi connectivity index (χ1v) is 9.16. The Kier molecular flexibility index (Phi) is 5.14. The summed E-state index contributed by atoms with van der Waals surface area (Å²) in [6, 6.07) is 0. The van der Waals surface area contributed by atoms with Crippen LogP contribution in [-0.4, -0.2) is 46.9 Å². The average molecular weight is 374 g/mol. The number of aldehydes is 1. The summed E-state index contributed by atoms with van der Waals surface area (Å²) in [5.74, 6) is -1.60. The van der Waals surface area contributed by atoms with Crippen molar-refractivity contribution in [1.82, 2.24) is 0 Å². The second-order valence-electron chi connectivity index (χ2n) is 7.62. The minimum absolute atomic E-state index is 0.241. The second kappa shape index (κ2) is 7.09. The van der Waals surface area contributed by atoms with Gasteiger partial charge in [0.25, 0.3) is 0 Å². The lowest BCUT2D eigenvalue weighted by Gasteiger charge is -2.36. The van der Waals surface area contributed by atoms with Crippen molar-refractivity contribution >= 4 is 12.3 Å². The van der Waals surface area contributed by atoms with Crippen LogP contribution in [0.15, 0.2) is 47.8 Å². The van der Waals surface area contributed by atoms with Gasteiger partial charge in [-0.1, -0.05) is 19.2 Å². The topological polar surface area (TPSA) is 93.1 Å². The van der Waals surface area contributed by atoms with Gasteiger partial charge in [-0.3, -0.25) is 4.79 Å². The maximum absolute atomic E-state index is 12.3. The molecule has 0 spiro atoms. The summed E-state index contributed by atoms with van der Waals surface area (Å²) < 4.78 is 11.6. The van der Waals surface area contributed by atoms with Crippen LogP contribution in [0.5, 0.6) is 0 Å². The molecule has 1 saturated heterocycles. The molecule has 2 N–H and O–H groups in total. The van der Waals surface area contributed by atoms with E-state index in [2.05, 4.69) is 13.2 Å². The zero-order chi connectivity index (χ0) is 19.9. The number of carbonyl (C=O) groups is 2. The second-order valence-corrected chi connectivity index (χ2v) is 7.62. The fourth-order valence-electron chi connectivity index (χ4n) is 4.58. The fourth-order valence-corrected chi connectivity index (χ4v) is 4.58. The van der Waals surface area contributed by atoms with E-state index in [-0.39, 0.29) is 11.5 Å². The third kappa shape index (κ3) is 3.07. The van der Waals surface area contributed by atoms with Crippen LogP contribution < -0.4 is 0 Å². The monoisotopic (exact) mass is 374 g/mol. The number of ether oxygens (including phenoxy) is 2. The van der Waals surface area contributed by atoms with Crippen LogP contribution in [0.4, 0.5) is 0 Å². The molecule has 0 aromatic heterocycles. The molecule has 6 atom stereocenters. The molecule has 0 aromatic carbocycles. The van der Waals surface area contributed by atoms with Crippen molar-refractivity contribution < 1.29 is 29.3 Å². The number of hydrogen-bond acceptors (Lipinski definition) is 6. The van der Waals surface area contributed by atoms with E-state index in [4.69, 9.17) is 9.47 Å². The Morgan fingerprint density at radius 2 is 2.22 bits per heavy atom. The molecule has 3 rings (SSSR count). The van der Waals surface area contributed by atoms with E-state index in [1.807, 2.05) is 19.9 Å². The molecule has 6 heteroatoms. The van der Waals surface area contributed by atoms with E-state index in [1.54, 1.807) is 6.08 Å². The van der Waals surface area contributed by atoms with Gasteiger partial charge in [0.05, 0.1) is 18.1 Å². The van der Waals surface area contributed by atoms with Crippen LogP contribution in [0, 0.1) is 17.8 Å². The summed E-state index contributed by atoms with van der Waals surface area (Å²) in [5.41, 5.74) is 0.134. The number of hydrogen-bond donors (Lipinski definition) is 2. The first-order chi connectivity index (χ1) is 12.8. The molecular formula is C21H26O6. The number of fused-ring (bicyclic) bond motifs is 3. The van der Waals surface area contributed by atoms with Crippen LogP contribution in [0.25, 0.3) is 0 Å². The average Bonchev–Trinajstić information content (AvgIpc) is 3.10. The number of aliphatic hydroxyl groups excluding tert-OH is 1.